The summed E-state index contributed by atoms with van der Waals surface area (Å²) in [7, 11) is 0. The first-order valence-electron chi connectivity index (χ1n) is 15.3. The predicted molar refractivity (Wildman–Crippen MR) is 177 cm³/mol. The fourth-order valence-electron chi connectivity index (χ4n) is 5.89. The second kappa shape index (κ2) is 13.3. The lowest BCUT2D eigenvalue weighted by atomic mass is 9.93. The fraction of sp³-hybridized carbons (Fsp3) is 0.361. The van der Waals surface area contributed by atoms with Crippen LogP contribution >= 0.6 is 0 Å². The van der Waals surface area contributed by atoms with E-state index in [1.807, 2.05) is 61.5 Å². The summed E-state index contributed by atoms with van der Waals surface area (Å²) < 4.78 is 1.61. The molecule has 7 heteroatoms. The van der Waals surface area contributed by atoms with E-state index in [9.17, 15) is 9.59 Å². The van der Waals surface area contributed by atoms with Gasteiger partial charge < -0.3 is 10.6 Å². The Morgan fingerprint density at radius 2 is 1.60 bits per heavy atom. The van der Waals surface area contributed by atoms with Crippen molar-refractivity contribution in [2.75, 3.05) is 30.3 Å². The Morgan fingerprint density at radius 3 is 2.28 bits per heavy atom. The molecule has 0 unspecified atom stereocenters. The van der Waals surface area contributed by atoms with Crippen molar-refractivity contribution in [1.29, 1.82) is 0 Å². The number of pyridine rings is 2. The number of para-hydroxylation sites is 1. The van der Waals surface area contributed by atoms with Gasteiger partial charge in [-0.15, -0.1) is 0 Å². The van der Waals surface area contributed by atoms with Crippen molar-refractivity contribution in [3.05, 3.63) is 87.8 Å². The van der Waals surface area contributed by atoms with Gasteiger partial charge in [0.15, 0.2) is 0 Å². The molecule has 0 spiro atoms. The van der Waals surface area contributed by atoms with E-state index in [1.54, 1.807) is 10.8 Å². The number of anilines is 2. The maximum atomic E-state index is 14.0. The molecule has 7 nitrogen and oxygen atoms in total. The molecule has 2 amide bonds. The molecule has 1 saturated heterocycles. The molecule has 1 aliphatic heterocycles. The molecular formula is C36H41N5O2. The summed E-state index contributed by atoms with van der Waals surface area (Å²) in [5, 5.41) is 6.86. The average molecular weight is 576 g/mol. The Hall–Kier alpha value is -4.41. The highest BCUT2D eigenvalue weighted by atomic mass is 16.2. The van der Waals surface area contributed by atoms with Crippen LogP contribution in [0.15, 0.2) is 65.6 Å². The number of hydrogen-bond acceptors (Lipinski definition) is 4. The number of aromatic nitrogens is 2. The van der Waals surface area contributed by atoms with Gasteiger partial charge in [0.2, 0.25) is 0 Å². The van der Waals surface area contributed by atoms with Gasteiger partial charge in [-0.1, -0.05) is 69.9 Å². The maximum absolute atomic E-state index is 14.0. The Balaban J connectivity index is 1.59. The number of likely N-dealkylation sites (tertiary alicyclic amines) is 1. The molecule has 5 rings (SSSR count). The fourth-order valence-corrected chi connectivity index (χ4v) is 5.89. The number of hydrogen-bond donors (Lipinski definition) is 2. The Kier molecular flexibility index (Phi) is 9.27. The Bertz CT molecular complexity index is 1730. The molecule has 0 radical (unpaired) electrons. The van der Waals surface area contributed by atoms with Crippen LogP contribution in [0.5, 0.6) is 0 Å². The summed E-state index contributed by atoms with van der Waals surface area (Å²) in [6, 6.07) is 17.3. The minimum Gasteiger partial charge on any atom is -0.307 e. The van der Waals surface area contributed by atoms with E-state index < -0.39 is 6.03 Å². The van der Waals surface area contributed by atoms with Crippen molar-refractivity contribution in [3.63, 3.8) is 0 Å². The quantitative estimate of drug-likeness (QED) is 0.225. The highest BCUT2D eigenvalue weighted by molar-refractivity contribution is 6.07. The molecule has 2 aromatic heterocycles. The second-order valence-corrected chi connectivity index (χ2v) is 11.7. The van der Waals surface area contributed by atoms with E-state index in [2.05, 4.69) is 60.1 Å². The van der Waals surface area contributed by atoms with Gasteiger partial charge in [-0.2, -0.15) is 0 Å². The summed E-state index contributed by atoms with van der Waals surface area (Å²) in [6.07, 6.45) is 4.15. The van der Waals surface area contributed by atoms with Gasteiger partial charge in [-0.25, -0.2) is 9.78 Å². The van der Waals surface area contributed by atoms with Crippen LogP contribution in [-0.2, 0) is 6.54 Å². The van der Waals surface area contributed by atoms with E-state index in [4.69, 9.17) is 0 Å². The zero-order valence-corrected chi connectivity index (χ0v) is 25.8. The molecule has 43 heavy (non-hydrogen) atoms. The molecule has 1 aliphatic rings. The number of fused-ring (bicyclic) bond motifs is 1. The lowest BCUT2D eigenvalue weighted by Crippen LogP contribution is -2.30. The molecular weight excluding hydrogens is 534 g/mol. The summed E-state index contributed by atoms with van der Waals surface area (Å²) in [5.41, 5.74) is 5.68. The topological polar surface area (TPSA) is 79.3 Å². The molecule has 0 aliphatic carbocycles. The molecule has 4 aromatic rings. The number of aryl methyl sites for hydroxylation is 1. The number of rotatable bonds is 7. The zero-order valence-electron chi connectivity index (χ0n) is 25.8. The van der Waals surface area contributed by atoms with Gasteiger partial charge in [0.05, 0.1) is 6.54 Å². The van der Waals surface area contributed by atoms with Crippen molar-refractivity contribution >= 4 is 28.4 Å². The number of urea groups is 1. The van der Waals surface area contributed by atoms with Crippen LogP contribution in [0.25, 0.3) is 22.2 Å². The van der Waals surface area contributed by atoms with Crippen LogP contribution in [-0.4, -0.2) is 40.1 Å². The van der Waals surface area contributed by atoms with Gasteiger partial charge >= 0.3 is 6.03 Å². The smallest absolute Gasteiger partial charge is 0.307 e. The molecule has 3 heterocycles. The monoisotopic (exact) mass is 575 g/mol. The van der Waals surface area contributed by atoms with Crippen molar-refractivity contribution in [3.8, 4) is 23.0 Å². The third-order valence-electron chi connectivity index (χ3n) is 8.07. The van der Waals surface area contributed by atoms with Crippen LogP contribution in [0.2, 0.25) is 0 Å². The van der Waals surface area contributed by atoms with Crippen LogP contribution in [0, 0.1) is 11.8 Å². The van der Waals surface area contributed by atoms with Crippen LogP contribution in [0.3, 0.4) is 0 Å². The third kappa shape index (κ3) is 6.50. The minimum atomic E-state index is -0.458. The Labute approximate surface area is 254 Å². The summed E-state index contributed by atoms with van der Waals surface area (Å²) in [5.74, 6) is 7.04. The van der Waals surface area contributed by atoms with Crippen molar-refractivity contribution in [2.45, 2.75) is 65.8 Å². The molecule has 222 valence electrons. The number of nitrogens with one attached hydrogen (secondary N) is 2. The number of carbonyl (C=O) groups is 1. The standard InChI is InChI=1S/C36H41N5O2/c1-6-41-34-30(18-11-19-37-34)31(27-15-9-13-26(23-27)14-12-22-40-20-7-8-21-40)33(35(41)42)39-36(43)38-32-28(24(2)3)16-10-17-29(32)25(4)5/h9-11,13,15-19,23-25H,6-8,20-22H2,1-5H3,(H2,38,39,43). The van der Waals surface area contributed by atoms with Gasteiger partial charge in [0.25, 0.3) is 5.56 Å². The van der Waals surface area contributed by atoms with Crippen molar-refractivity contribution in [2.24, 2.45) is 0 Å². The third-order valence-corrected chi connectivity index (χ3v) is 8.07. The van der Waals surface area contributed by atoms with Gasteiger partial charge in [-0.05, 0) is 85.6 Å². The minimum absolute atomic E-state index is 0.211. The predicted octanol–water partition coefficient (Wildman–Crippen LogP) is 7.42. The van der Waals surface area contributed by atoms with E-state index in [-0.39, 0.29) is 23.1 Å². The molecule has 0 atom stereocenters. The normalized spacial score (nSPS) is 13.4. The lowest BCUT2D eigenvalue weighted by Gasteiger charge is -2.21. The van der Waals surface area contributed by atoms with E-state index in [0.717, 1.165) is 53.0 Å². The first-order chi connectivity index (χ1) is 20.8. The van der Waals surface area contributed by atoms with Crippen LogP contribution in [0.1, 0.15) is 76.0 Å². The van der Waals surface area contributed by atoms with E-state index >= 15 is 0 Å². The van der Waals surface area contributed by atoms with E-state index in [1.165, 1.54) is 12.8 Å². The lowest BCUT2D eigenvalue weighted by molar-refractivity contribution is 0.262. The van der Waals surface area contributed by atoms with Crippen molar-refractivity contribution < 1.29 is 4.79 Å². The number of amides is 2. The number of benzene rings is 2. The molecule has 0 bridgehead atoms. The van der Waals surface area contributed by atoms with Gasteiger partial charge in [-0.3, -0.25) is 14.3 Å². The maximum Gasteiger partial charge on any atom is 0.323 e. The number of nitrogens with zero attached hydrogens (tertiary/aromatic N) is 3. The second-order valence-electron chi connectivity index (χ2n) is 11.7. The van der Waals surface area contributed by atoms with Crippen molar-refractivity contribution in [1.82, 2.24) is 14.5 Å². The molecule has 2 aromatic carbocycles. The zero-order chi connectivity index (χ0) is 30.5. The van der Waals surface area contributed by atoms with Crippen LogP contribution < -0.4 is 16.2 Å². The first kappa shape index (κ1) is 30.1. The largest absolute Gasteiger partial charge is 0.323 e. The molecule has 2 N–H and O–H groups in total. The summed E-state index contributed by atoms with van der Waals surface area (Å²) >= 11 is 0. The SMILES string of the molecule is CCn1c(=O)c(NC(=O)Nc2c(C(C)C)cccc2C(C)C)c(-c2cccc(C#CCN3CCCC3)c2)c2cccnc21. The summed E-state index contributed by atoms with van der Waals surface area (Å²) in [4.78, 5) is 34.7. The molecule has 0 saturated carbocycles. The van der Waals surface area contributed by atoms with Crippen LogP contribution in [0.4, 0.5) is 16.2 Å². The highest BCUT2D eigenvalue weighted by Crippen LogP contribution is 2.35. The van der Waals surface area contributed by atoms with Gasteiger partial charge in [0, 0.05) is 34.9 Å². The van der Waals surface area contributed by atoms with Gasteiger partial charge in [0.1, 0.15) is 11.3 Å². The average Bonchev–Trinajstić information content (AvgIpc) is 3.51. The Morgan fingerprint density at radius 1 is 0.930 bits per heavy atom. The number of carbonyl (C=O) groups excluding carboxylic acids is 1. The first-order valence-corrected chi connectivity index (χ1v) is 15.3. The highest BCUT2D eigenvalue weighted by Gasteiger charge is 2.22. The molecule has 1 fully saturated rings. The summed E-state index contributed by atoms with van der Waals surface area (Å²) in [6.45, 7) is 13.7. The van der Waals surface area contributed by atoms with E-state index in [0.29, 0.717) is 17.8 Å².